The molecule has 1 rings (SSSR count). The summed E-state index contributed by atoms with van der Waals surface area (Å²) in [5.41, 5.74) is -1.23. The maximum atomic E-state index is 11.2. The molecule has 0 aliphatic carbocycles. The lowest BCUT2D eigenvalue weighted by molar-refractivity contribution is -0.394. The van der Waals surface area contributed by atoms with E-state index in [2.05, 4.69) is 5.32 Å². The normalized spacial score (nSPS) is 9.56. The Balaban J connectivity index is 3.36. The lowest BCUT2D eigenvalue weighted by Crippen LogP contribution is -2.19. The summed E-state index contributed by atoms with van der Waals surface area (Å²) in [6.45, 7) is 0. The van der Waals surface area contributed by atoms with E-state index in [1.54, 1.807) is 0 Å². The molecule has 0 bridgehead atoms. The second-order valence-electron chi connectivity index (χ2n) is 2.79. The van der Waals surface area contributed by atoms with Crippen molar-refractivity contribution >= 4 is 17.3 Å². The minimum absolute atomic E-state index is 0.210. The first kappa shape index (κ1) is 11.6. The molecule has 0 aliphatic rings. The Morgan fingerprint density at radius 3 is 2.31 bits per heavy atom. The van der Waals surface area contributed by atoms with Gasteiger partial charge in [-0.1, -0.05) is 0 Å². The van der Waals surface area contributed by atoms with Gasteiger partial charge in [0.25, 0.3) is 17.3 Å². The van der Waals surface area contributed by atoms with Crippen LogP contribution in [-0.4, -0.2) is 22.8 Å². The van der Waals surface area contributed by atoms with Gasteiger partial charge in [0.1, 0.15) is 5.56 Å². The molecule has 0 fully saturated rings. The SMILES string of the molecule is CNC(=O)c1ccc([N+](=O)[O-])cc1[N+](=O)[O-]. The first-order valence-electron chi connectivity index (χ1n) is 4.12. The molecule has 0 atom stereocenters. The van der Waals surface area contributed by atoms with Crippen LogP contribution in [0.15, 0.2) is 18.2 Å². The summed E-state index contributed by atoms with van der Waals surface area (Å²) < 4.78 is 0. The molecule has 0 saturated heterocycles. The third-order valence-corrected chi connectivity index (χ3v) is 1.86. The second-order valence-corrected chi connectivity index (χ2v) is 2.79. The molecular weight excluding hydrogens is 218 g/mol. The van der Waals surface area contributed by atoms with Crippen molar-refractivity contribution in [3.05, 3.63) is 44.0 Å². The Morgan fingerprint density at radius 2 is 1.88 bits per heavy atom. The molecule has 0 saturated carbocycles. The first-order valence-corrected chi connectivity index (χ1v) is 4.12. The third-order valence-electron chi connectivity index (χ3n) is 1.86. The number of amides is 1. The second kappa shape index (κ2) is 4.34. The van der Waals surface area contributed by atoms with Crippen molar-refractivity contribution in [1.29, 1.82) is 0 Å². The van der Waals surface area contributed by atoms with Gasteiger partial charge in [-0.15, -0.1) is 0 Å². The van der Waals surface area contributed by atoms with Crippen LogP contribution < -0.4 is 5.32 Å². The minimum Gasteiger partial charge on any atom is -0.355 e. The summed E-state index contributed by atoms with van der Waals surface area (Å²) in [5.74, 6) is -0.665. The third kappa shape index (κ3) is 2.11. The van der Waals surface area contributed by atoms with E-state index in [0.717, 1.165) is 18.2 Å². The monoisotopic (exact) mass is 225 g/mol. The van der Waals surface area contributed by atoms with Gasteiger partial charge in [-0.2, -0.15) is 0 Å². The van der Waals surface area contributed by atoms with E-state index in [0.29, 0.717) is 0 Å². The molecule has 1 aromatic carbocycles. The van der Waals surface area contributed by atoms with Crippen LogP contribution in [0.5, 0.6) is 0 Å². The molecule has 0 spiro atoms. The fourth-order valence-electron chi connectivity index (χ4n) is 1.11. The Kier molecular flexibility index (Phi) is 3.14. The quantitative estimate of drug-likeness (QED) is 0.605. The smallest absolute Gasteiger partial charge is 0.289 e. The van der Waals surface area contributed by atoms with Crippen molar-refractivity contribution in [2.24, 2.45) is 0 Å². The number of non-ortho nitro benzene ring substituents is 1. The first-order chi connectivity index (χ1) is 7.47. The largest absolute Gasteiger partial charge is 0.355 e. The van der Waals surface area contributed by atoms with Gasteiger partial charge in [0, 0.05) is 13.1 Å². The van der Waals surface area contributed by atoms with E-state index in [1.165, 1.54) is 7.05 Å². The lowest BCUT2D eigenvalue weighted by Gasteiger charge is -2.00. The molecule has 1 N–H and O–H groups in total. The maximum absolute atomic E-state index is 11.2. The van der Waals surface area contributed by atoms with E-state index in [9.17, 15) is 25.0 Å². The van der Waals surface area contributed by atoms with Gasteiger partial charge < -0.3 is 5.32 Å². The van der Waals surface area contributed by atoms with Gasteiger partial charge in [0.05, 0.1) is 15.9 Å². The average Bonchev–Trinajstić information content (AvgIpc) is 2.26. The van der Waals surface area contributed by atoms with Crippen molar-refractivity contribution < 1.29 is 14.6 Å². The summed E-state index contributed by atoms with van der Waals surface area (Å²) in [6.07, 6.45) is 0. The zero-order chi connectivity index (χ0) is 12.3. The lowest BCUT2D eigenvalue weighted by atomic mass is 10.1. The van der Waals surface area contributed by atoms with E-state index in [1.807, 2.05) is 0 Å². The molecule has 1 aromatic rings. The molecule has 0 radical (unpaired) electrons. The number of rotatable bonds is 3. The molecule has 0 aliphatic heterocycles. The molecule has 1 amide bonds. The number of carbonyl (C=O) groups is 1. The van der Waals surface area contributed by atoms with E-state index >= 15 is 0 Å². The number of hydrogen-bond donors (Lipinski definition) is 1. The Bertz CT molecular complexity index is 471. The predicted octanol–water partition coefficient (Wildman–Crippen LogP) is 0.863. The number of hydrogen-bond acceptors (Lipinski definition) is 5. The van der Waals surface area contributed by atoms with E-state index < -0.39 is 27.1 Å². The Morgan fingerprint density at radius 1 is 1.25 bits per heavy atom. The van der Waals surface area contributed by atoms with Crippen LogP contribution in [-0.2, 0) is 0 Å². The number of nitro benzene ring substituents is 2. The van der Waals surface area contributed by atoms with Crippen molar-refractivity contribution in [1.82, 2.24) is 5.32 Å². The number of nitrogens with one attached hydrogen (secondary N) is 1. The van der Waals surface area contributed by atoms with Crippen molar-refractivity contribution in [2.75, 3.05) is 7.05 Å². The highest BCUT2D eigenvalue weighted by Crippen LogP contribution is 2.24. The van der Waals surface area contributed by atoms with Crippen LogP contribution >= 0.6 is 0 Å². The molecule has 84 valence electrons. The van der Waals surface area contributed by atoms with Crippen molar-refractivity contribution in [3.8, 4) is 0 Å². The highest BCUT2D eigenvalue weighted by Gasteiger charge is 2.23. The van der Waals surface area contributed by atoms with Gasteiger partial charge >= 0.3 is 0 Å². The van der Waals surface area contributed by atoms with Gasteiger partial charge in [0.2, 0.25) is 0 Å². The molecule has 8 heteroatoms. The molecule has 8 nitrogen and oxygen atoms in total. The summed E-state index contributed by atoms with van der Waals surface area (Å²) >= 11 is 0. The Hall–Kier alpha value is -2.51. The minimum atomic E-state index is -0.836. The number of nitro groups is 2. The van der Waals surface area contributed by atoms with Crippen LogP contribution in [0.2, 0.25) is 0 Å². The topological polar surface area (TPSA) is 115 Å². The van der Waals surface area contributed by atoms with Gasteiger partial charge in [-0.3, -0.25) is 25.0 Å². The number of nitrogens with zero attached hydrogens (tertiary/aromatic N) is 2. The van der Waals surface area contributed by atoms with Gasteiger partial charge in [-0.25, -0.2) is 0 Å². The van der Waals surface area contributed by atoms with Crippen LogP contribution in [0.3, 0.4) is 0 Å². The van der Waals surface area contributed by atoms with Crippen molar-refractivity contribution in [3.63, 3.8) is 0 Å². The summed E-state index contributed by atoms with van der Waals surface area (Å²) in [7, 11) is 1.31. The van der Waals surface area contributed by atoms with Crippen molar-refractivity contribution in [2.45, 2.75) is 0 Å². The van der Waals surface area contributed by atoms with E-state index in [-0.39, 0.29) is 5.56 Å². The van der Waals surface area contributed by atoms with E-state index in [4.69, 9.17) is 0 Å². The predicted molar refractivity (Wildman–Crippen MR) is 53.1 cm³/mol. The molecule has 0 aromatic heterocycles. The highest BCUT2D eigenvalue weighted by atomic mass is 16.6. The standard InChI is InChI=1S/C8H7N3O5/c1-9-8(12)6-3-2-5(10(13)14)4-7(6)11(15)16/h2-4H,1H3,(H,9,12). The van der Waals surface area contributed by atoms with Crippen LogP contribution in [0.4, 0.5) is 11.4 Å². The maximum Gasteiger partial charge on any atom is 0.289 e. The van der Waals surface area contributed by atoms with Crippen LogP contribution in [0.1, 0.15) is 10.4 Å². The average molecular weight is 225 g/mol. The number of carbonyl (C=O) groups excluding carboxylic acids is 1. The van der Waals surface area contributed by atoms with Crippen LogP contribution in [0, 0.1) is 20.2 Å². The highest BCUT2D eigenvalue weighted by molar-refractivity contribution is 5.98. The zero-order valence-electron chi connectivity index (χ0n) is 8.17. The fourth-order valence-corrected chi connectivity index (χ4v) is 1.11. The van der Waals surface area contributed by atoms with Crippen LogP contribution in [0.25, 0.3) is 0 Å². The Labute approximate surface area is 89.2 Å². The van der Waals surface area contributed by atoms with Gasteiger partial charge in [0.15, 0.2) is 0 Å². The summed E-state index contributed by atoms with van der Waals surface area (Å²) in [6, 6.07) is 2.84. The molecule has 16 heavy (non-hydrogen) atoms. The fraction of sp³-hybridized carbons (Fsp3) is 0.125. The number of benzene rings is 1. The molecular formula is C8H7N3O5. The summed E-state index contributed by atoms with van der Waals surface area (Å²) in [4.78, 5) is 30.7. The summed E-state index contributed by atoms with van der Waals surface area (Å²) in [5, 5.41) is 23.2. The molecule has 0 unspecified atom stereocenters. The zero-order valence-corrected chi connectivity index (χ0v) is 8.17. The molecule has 0 heterocycles. The van der Waals surface area contributed by atoms with Gasteiger partial charge in [-0.05, 0) is 6.07 Å².